The maximum Gasteiger partial charge on any atom is 0.317 e. The Morgan fingerprint density at radius 3 is 3.00 bits per heavy atom. The predicted octanol–water partition coefficient (Wildman–Crippen LogP) is 1.05. The fourth-order valence-corrected chi connectivity index (χ4v) is 4.04. The van der Waals surface area contributed by atoms with Gasteiger partial charge in [-0.25, -0.2) is 4.79 Å². The standard InChI is InChI=1S/C14H23N3O2/c1-2-15-14(19)16-7-10-6-11(9-16)12-4-3-5-13(18)17(12)8-10/h10-12H,2-9H2,1H3,(H,15,19)/t10?,11?,12-/m1/s1. The van der Waals surface area contributed by atoms with E-state index in [-0.39, 0.29) is 6.03 Å². The number of carbonyl (C=O) groups excluding carboxylic acids is 2. The Morgan fingerprint density at radius 2 is 2.21 bits per heavy atom. The predicted molar refractivity (Wildman–Crippen MR) is 71.6 cm³/mol. The number of fused-ring (bicyclic) bond motifs is 4. The van der Waals surface area contributed by atoms with Crippen molar-refractivity contribution >= 4 is 11.9 Å². The Bertz CT molecular complexity index is 385. The van der Waals surface area contributed by atoms with E-state index in [2.05, 4.69) is 10.2 Å². The minimum absolute atomic E-state index is 0.0628. The van der Waals surface area contributed by atoms with E-state index < -0.39 is 0 Å². The molecule has 3 fully saturated rings. The molecule has 0 spiro atoms. The highest BCUT2D eigenvalue weighted by Gasteiger charge is 2.44. The molecule has 3 aliphatic rings. The molecule has 3 rings (SSSR count). The minimum atomic E-state index is 0.0628. The van der Waals surface area contributed by atoms with Crippen molar-refractivity contribution in [3.63, 3.8) is 0 Å². The van der Waals surface area contributed by atoms with Gasteiger partial charge in [-0.3, -0.25) is 4.79 Å². The molecule has 0 radical (unpaired) electrons. The van der Waals surface area contributed by atoms with E-state index in [1.807, 2.05) is 11.8 Å². The summed E-state index contributed by atoms with van der Waals surface area (Å²) >= 11 is 0. The molecule has 3 atom stereocenters. The second kappa shape index (κ2) is 5.02. The average molecular weight is 265 g/mol. The normalized spacial score (nSPS) is 33.9. The number of piperidine rings is 3. The SMILES string of the molecule is CCNC(=O)N1CC2CC(C1)[C@H]1CCCC(=O)N1C2. The van der Waals surface area contributed by atoms with Crippen LogP contribution in [0.4, 0.5) is 4.79 Å². The summed E-state index contributed by atoms with van der Waals surface area (Å²) < 4.78 is 0. The van der Waals surface area contributed by atoms with Gasteiger partial charge in [0.25, 0.3) is 0 Å². The topological polar surface area (TPSA) is 52.7 Å². The lowest BCUT2D eigenvalue weighted by Crippen LogP contribution is -2.62. The number of amides is 3. The Balaban J connectivity index is 1.72. The molecule has 2 bridgehead atoms. The Labute approximate surface area is 114 Å². The summed E-state index contributed by atoms with van der Waals surface area (Å²) in [5, 5.41) is 2.89. The molecule has 3 amide bonds. The maximum absolute atomic E-state index is 12.0. The molecule has 0 saturated carbocycles. The van der Waals surface area contributed by atoms with Crippen LogP contribution in [0, 0.1) is 11.8 Å². The van der Waals surface area contributed by atoms with E-state index in [1.165, 1.54) is 6.42 Å². The number of urea groups is 1. The molecule has 106 valence electrons. The van der Waals surface area contributed by atoms with Crippen LogP contribution in [-0.4, -0.2) is 54.0 Å². The van der Waals surface area contributed by atoms with E-state index in [0.29, 0.717) is 30.3 Å². The van der Waals surface area contributed by atoms with Gasteiger partial charge >= 0.3 is 6.03 Å². The Morgan fingerprint density at radius 1 is 1.37 bits per heavy atom. The zero-order valence-corrected chi connectivity index (χ0v) is 11.6. The fourth-order valence-electron chi connectivity index (χ4n) is 4.04. The number of hydrogen-bond acceptors (Lipinski definition) is 2. The van der Waals surface area contributed by atoms with Gasteiger partial charge in [0.05, 0.1) is 0 Å². The summed E-state index contributed by atoms with van der Waals surface area (Å²) in [6.45, 7) is 5.11. The number of likely N-dealkylation sites (tertiary alicyclic amines) is 1. The zero-order valence-electron chi connectivity index (χ0n) is 11.6. The van der Waals surface area contributed by atoms with Gasteiger partial charge < -0.3 is 15.1 Å². The van der Waals surface area contributed by atoms with Gasteiger partial charge in [0.2, 0.25) is 5.91 Å². The molecule has 1 N–H and O–H groups in total. The number of carbonyl (C=O) groups is 2. The van der Waals surface area contributed by atoms with Crippen LogP contribution in [0.15, 0.2) is 0 Å². The molecule has 0 aliphatic carbocycles. The van der Waals surface area contributed by atoms with Crippen molar-refractivity contribution in [2.24, 2.45) is 11.8 Å². The van der Waals surface area contributed by atoms with E-state index in [9.17, 15) is 9.59 Å². The lowest BCUT2D eigenvalue weighted by molar-refractivity contribution is -0.144. The summed E-state index contributed by atoms with van der Waals surface area (Å²) in [7, 11) is 0. The zero-order chi connectivity index (χ0) is 13.4. The number of nitrogens with one attached hydrogen (secondary N) is 1. The fraction of sp³-hybridized carbons (Fsp3) is 0.857. The summed E-state index contributed by atoms with van der Waals surface area (Å²) in [6.07, 6.45) is 4.04. The summed E-state index contributed by atoms with van der Waals surface area (Å²) in [5.41, 5.74) is 0. The molecule has 3 aliphatic heterocycles. The third-order valence-electron chi connectivity index (χ3n) is 4.80. The quantitative estimate of drug-likeness (QED) is 0.770. The summed E-state index contributed by atoms with van der Waals surface area (Å²) in [4.78, 5) is 28.1. The second-order valence-electron chi connectivity index (χ2n) is 6.11. The van der Waals surface area contributed by atoms with Gasteiger partial charge in [-0.2, -0.15) is 0 Å². The molecule has 3 saturated heterocycles. The smallest absolute Gasteiger partial charge is 0.317 e. The number of nitrogens with zero attached hydrogens (tertiary/aromatic N) is 2. The van der Waals surface area contributed by atoms with Gasteiger partial charge in [-0.05, 0) is 38.0 Å². The van der Waals surface area contributed by atoms with Gasteiger partial charge in [-0.15, -0.1) is 0 Å². The third-order valence-corrected chi connectivity index (χ3v) is 4.80. The second-order valence-corrected chi connectivity index (χ2v) is 6.11. The molecule has 0 aromatic heterocycles. The van der Waals surface area contributed by atoms with Crippen molar-refractivity contribution in [2.45, 2.75) is 38.6 Å². The highest BCUT2D eigenvalue weighted by Crippen LogP contribution is 2.37. The molecule has 19 heavy (non-hydrogen) atoms. The first kappa shape index (κ1) is 12.8. The van der Waals surface area contributed by atoms with Crippen molar-refractivity contribution < 1.29 is 9.59 Å². The number of hydrogen-bond donors (Lipinski definition) is 1. The monoisotopic (exact) mass is 265 g/mol. The van der Waals surface area contributed by atoms with E-state index in [0.717, 1.165) is 38.9 Å². The van der Waals surface area contributed by atoms with Crippen molar-refractivity contribution in [3.8, 4) is 0 Å². The molecule has 5 nitrogen and oxygen atoms in total. The highest BCUT2D eigenvalue weighted by atomic mass is 16.2. The van der Waals surface area contributed by atoms with Crippen molar-refractivity contribution in [1.29, 1.82) is 0 Å². The summed E-state index contributed by atoms with van der Waals surface area (Å²) in [6, 6.07) is 0.447. The first-order valence-corrected chi connectivity index (χ1v) is 7.51. The van der Waals surface area contributed by atoms with Crippen LogP contribution in [0.2, 0.25) is 0 Å². The largest absolute Gasteiger partial charge is 0.339 e. The van der Waals surface area contributed by atoms with Gasteiger partial charge in [0.1, 0.15) is 0 Å². The van der Waals surface area contributed by atoms with E-state index in [4.69, 9.17) is 0 Å². The van der Waals surface area contributed by atoms with Crippen molar-refractivity contribution in [1.82, 2.24) is 15.1 Å². The van der Waals surface area contributed by atoms with Crippen LogP contribution in [0.5, 0.6) is 0 Å². The lowest BCUT2D eigenvalue weighted by atomic mass is 9.76. The average Bonchev–Trinajstić information content (AvgIpc) is 2.40. The Kier molecular flexibility index (Phi) is 3.37. The van der Waals surface area contributed by atoms with Crippen LogP contribution in [0.1, 0.15) is 32.6 Å². The van der Waals surface area contributed by atoms with Gasteiger partial charge in [0, 0.05) is 38.6 Å². The van der Waals surface area contributed by atoms with Crippen LogP contribution < -0.4 is 5.32 Å². The van der Waals surface area contributed by atoms with Crippen molar-refractivity contribution in [3.05, 3.63) is 0 Å². The summed E-state index contributed by atoms with van der Waals surface area (Å²) in [5.74, 6) is 1.29. The van der Waals surface area contributed by atoms with Gasteiger partial charge in [-0.1, -0.05) is 0 Å². The molecule has 5 heteroatoms. The Hall–Kier alpha value is -1.26. The first-order valence-electron chi connectivity index (χ1n) is 7.51. The minimum Gasteiger partial charge on any atom is -0.339 e. The van der Waals surface area contributed by atoms with Crippen molar-refractivity contribution in [2.75, 3.05) is 26.2 Å². The van der Waals surface area contributed by atoms with Crippen LogP contribution >= 0.6 is 0 Å². The lowest BCUT2D eigenvalue weighted by Gasteiger charge is -2.52. The third kappa shape index (κ3) is 2.30. The van der Waals surface area contributed by atoms with Crippen LogP contribution in [-0.2, 0) is 4.79 Å². The first-order chi connectivity index (χ1) is 9.19. The van der Waals surface area contributed by atoms with Crippen LogP contribution in [0.3, 0.4) is 0 Å². The van der Waals surface area contributed by atoms with Gasteiger partial charge in [0.15, 0.2) is 0 Å². The molecule has 3 heterocycles. The molecule has 0 aromatic carbocycles. The maximum atomic E-state index is 12.0. The molecule has 0 aromatic rings. The van der Waals surface area contributed by atoms with E-state index >= 15 is 0 Å². The number of rotatable bonds is 1. The van der Waals surface area contributed by atoms with E-state index in [1.54, 1.807) is 0 Å². The highest BCUT2D eigenvalue weighted by molar-refractivity contribution is 5.78. The van der Waals surface area contributed by atoms with Crippen LogP contribution in [0.25, 0.3) is 0 Å². The molecular formula is C14H23N3O2. The molecule has 2 unspecified atom stereocenters. The molecular weight excluding hydrogens is 242 g/mol.